The van der Waals surface area contributed by atoms with Gasteiger partial charge in [-0.15, -0.1) is 0 Å². The van der Waals surface area contributed by atoms with Crippen molar-refractivity contribution in [3.63, 3.8) is 0 Å². The Morgan fingerprint density at radius 3 is 2.78 bits per heavy atom. The van der Waals surface area contributed by atoms with Crippen LogP contribution in [0.1, 0.15) is 18.0 Å². The Labute approximate surface area is 106 Å². The molecule has 0 spiro atoms. The molecule has 0 fully saturated rings. The average Bonchev–Trinajstić information content (AvgIpc) is 2.37. The van der Waals surface area contributed by atoms with Crippen molar-refractivity contribution in [3.8, 4) is 11.8 Å². The van der Waals surface area contributed by atoms with E-state index in [0.29, 0.717) is 12.3 Å². The van der Waals surface area contributed by atoms with Crippen molar-refractivity contribution in [2.75, 3.05) is 20.7 Å². The Kier molecular flexibility index (Phi) is 5.15. The average molecular weight is 248 g/mol. The molecular formula is C13H16N2O3. The summed E-state index contributed by atoms with van der Waals surface area (Å²) in [6, 6.07) is 8.90. The van der Waals surface area contributed by atoms with E-state index in [2.05, 4.69) is 6.07 Å². The third-order valence-electron chi connectivity index (χ3n) is 2.67. The molecule has 1 atom stereocenters. The van der Waals surface area contributed by atoms with Gasteiger partial charge in [0, 0.05) is 12.1 Å². The zero-order chi connectivity index (χ0) is 13.5. The number of nitriles is 1. The zero-order valence-corrected chi connectivity index (χ0v) is 10.5. The maximum absolute atomic E-state index is 10.5. The topological polar surface area (TPSA) is 73.6 Å². The van der Waals surface area contributed by atoms with Crippen molar-refractivity contribution in [3.05, 3.63) is 29.8 Å². The number of carbonyl (C=O) groups is 1. The second kappa shape index (κ2) is 6.62. The molecule has 1 N–H and O–H groups in total. The minimum absolute atomic E-state index is 0.00380. The van der Waals surface area contributed by atoms with Gasteiger partial charge < -0.3 is 9.84 Å². The van der Waals surface area contributed by atoms with Crippen molar-refractivity contribution in [2.24, 2.45) is 0 Å². The molecule has 0 aliphatic carbocycles. The second-order valence-corrected chi connectivity index (χ2v) is 3.90. The van der Waals surface area contributed by atoms with Crippen LogP contribution in [0.4, 0.5) is 0 Å². The summed E-state index contributed by atoms with van der Waals surface area (Å²) in [5.41, 5.74) is 0.746. The van der Waals surface area contributed by atoms with E-state index < -0.39 is 12.0 Å². The van der Waals surface area contributed by atoms with Gasteiger partial charge in [-0.25, -0.2) is 0 Å². The lowest BCUT2D eigenvalue weighted by atomic mass is 10.1. The van der Waals surface area contributed by atoms with E-state index >= 15 is 0 Å². The Bertz CT molecular complexity index is 454. The van der Waals surface area contributed by atoms with E-state index in [4.69, 9.17) is 9.84 Å². The first-order chi connectivity index (χ1) is 8.60. The summed E-state index contributed by atoms with van der Waals surface area (Å²) in [6.07, 6.45) is 0.00380. The van der Waals surface area contributed by atoms with Gasteiger partial charge in [0.2, 0.25) is 0 Å². The Balaban J connectivity index is 2.89. The first kappa shape index (κ1) is 14.0. The van der Waals surface area contributed by atoms with Gasteiger partial charge >= 0.3 is 5.97 Å². The predicted octanol–water partition coefficient (Wildman–Crippen LogP) is 1.67. The lowest BCUT2D eigenvalue weighted by molar-refractivity contribution is -0.137. The monoisotopic (exact) mass is 248 g/mol. The minimum Gasteiger partial charge on any atom is -0.496 e. The van der Waals surface area contributed by atoms with Gasteiger partial charge in [-0.2, -0.15) is 5.26 Å². The number of carboxylic acid groups (broad SMARTS) is 1. The molecule has 96 valence electrons. The fraction of sp³-hybridized carbons (Fsp3) is 0.385. The van der Waals surface area contributed by atoms with E-state index in [-0.39, 0.29) is 6.42 Å². The van der Waals surface area contributed by atoms with Crippen LogP contribution in [-0.2, 0) is 4.79 Å². The molecule has 0 amide bonds. The SMILES string of the molecule is COc1ccccc1C(C#N)N(C)CCC(=O)O. The fourth-order valence-corrected chi connectivity index (χ4v) is 1.70. The van der Waals surface area contributed by atoms with Crippen molar-refractivity contribution in [1.82, 2.24) is 4.90 Å². The molecule has 0 saturated carbocycles. The summed E-state index contributed by atoms with van der Waals surface area (Å²) >= 11 is 0. The number of carboxylic acids is 1. The van der Waals surface area contributed by atoms with E-state index in [0.717, 1.165) is 5.56 Å². The maximum atomic E-state index is 10.5. The molecule has 18 heavy (non-hydrogen) atoms. The third kappa shape index (κ3) is 3.47. The van der Waals surface area contributed by atoms with E-state index in [1.165, 1.54) is 0 Å². The lowest BCUT2D eigenvalue weighted by Crippen LogP contribution is -2.26. The molecule has 0 heterocycles. The van der Waals surface area contributed by atoms with Crippen LogP contribution < -0.4 is 4.74 Å². The van der Waals surface area contributed by atoms with Gasteiger partial charge in [-0.1, -0.05) is 18.2 Å². The van der Waals surface area contributed by atoms with Crippen molar-refractivity contribution < 1.29 is 14.6 Å². The number of ether oxygens (including phenoxy) is 1. The number of nitrogens with zero attached hydrogens (tertiary/aromatic N) is 2. The third-order valence-corrected chi connectivity index (χ3v) is 2.67. The largest absolute Gasteiger partial charge is 0.496 e. The highest BCUT2D eigenvalue weighted by Crippen LogP contribution is 2.27. The molecule has 0 aliphatic rings. The summed E-state index contributed by atoms with van der Waals surface area (Å²) in [4.78, 5) is 12.2. The van der Waals surface area contributed by atoms with Crippen LogP contribution in [0.3, 0.4) is 0 Å². The molecular weight excluding hydrogens is 232 g/mol. The molecule has 0 saturated heterocycles. The van der Waals surface area contributed by atoms with Gasteiger partial charge in [-0.3, -0.25) is 9.69 Å². The quantitative estimate of drug-likeness (QED) is 0.828. The summed E-state index contributed by atoms with van der Waals surface area (Å²) in [7, 11) is 3.27. The van der Waals surface area contributed by atoms with Gasteiger partial charge in [0.1, 0.15) is 11.8 Å². The van der Waals surface area contributed by atoms with E-state index in [9.17, 15) is 10.1 Å². The van der Waals surface area contributed by atoms with Crippen molar-refractivity contribution >= 4 is 5.97 Å². The number of hydrogen-bond donors (Lipinski definition) is 1. The first-order valence-electron chi connectivity index (χ1n) is 5.54. The van der Waals surface area contributed by atoms with Crippen LogP contribution in [0.5, 0.6) is 5.75 Å². The first-order valence-corrected chi connectivity index (χ1v) is 5.54. The molecule has 5 heteroatoms. The minimum atomic E-state index is -0.876. The molecule has 1 aromatic rings. The normalized spacial score (nSPS) is 11.9. The highest BCUT2D eigenvalue weighted by molar-refractivity contribution is 5.66. The Morgan fingerprint density at radius 1 is 1.56 bits per heavy atom. The highest BCUT2D eigenvalue weighted by atomic mass is 16.5. The van der Waals surface area contributed by atoms with Crippen LogP contribution >= 0.6 is 0 Å². The van der Waals surface area contributed by atoms with Crippen LogP contribution in [0, 0.1) is 11.3 Å². The van der Waals surface area contributed by atoms with Gasteiger partial charge in [-0.05, 0) is 13.1 Å². The molecule has 1 aromatic carbocycles. The summed E-state index contributed by atoms with van der Waals surface area (Å²) in [5, 5.41) is 17.9. The number of methoxy groups -OCH3 is 1. The lowest BCUT2D eigenvalue weighted by Gasteiger charge is -2.23. The fourth-order valence-electron chi connectivity index (χ4n) is 1.70. The van der Waals surface area contributed by atoms with Crippen LogP contribution in [0.2, 0.25) is 0 Å². The predicted molar refractivity (Wildman–Crippen MR) is 66.2 cm³/mol. The summed E-state index contributed by atoms with van der Waals surface area (Å²) in [6.45, 7) is 0.311. The van der Waals surface area contributed by atoms with E-state index in [1.807, 2.05) is 18.2 Å². The van der Waals surface area contributed by atoms with Crippen molar-refractivity contribution in [1.29, 1.82) is 5.26 Å². The van der Waals surface area contributed by atoms with Gasteiger partial charge in [0.05, 0.1) is 19.6 Å². The summed E-state index contributed by atoms with van der Waals surface area (Å²) < 4.78 is 5.21. The molecule has 0 aliphatic heterocycles. The number of para-hydroxylation sites is 1. The van der Waals surface area contributed by atoms with Gasteiger partial charge in [0.15, 0.2) is 0 Å². The Hall–Kier alpha value is -2.06. The molecule has 0 bridgehead atoms. The highest BCUT2D eigenvalue weighted by Gasteiger charge is 2.20. The van der Waals surface area contributed by atoms with Crippen LogP contribution in [0.15, 0.2) is 24.3 Å². The number of benzene rings is 1. The summed E-state index contributed by atoms with van der Waals surface area (Å²) in [5.74, 6) is -0.246. The molecule has 0 aromatic heterocycles. The molecule has 1 rings (SSSR count). The van der Waals surface area contributed by atoms with Gasteiger partial charge in [0.25, 0.3) is 0 Å². The number of rotatable bonds is 6. The number of hydrogen-bond acceptors (Lipinski definition) is 4. The second-order valence-electron chi connectivity index (χ2n) is 3.90. The smallest absolute Gasteiger partial charge is 0.304 e. The van der Waals surface area contributed by atoms with Crippen LogP contribution in [-0.4, -0.2) is 36.7 Å². The molecule has 1 unspecified atom stereocenters. The Morgan fingerprint density at radius 2 is 2.22 bits per heavy atom. The van der Waals surface area contributed by atoms with Crippen molar-refractivity contribution in [2.45, 2.75) is 12.5 Å². The maximum Gasteiger partial charge on any atom is 0.304 e. The van der Waals surface area contributed by atoms with E-state index in [1.54, 1.807) is 25.1 Å². The standard InChI is InChI=1S/C13H16N2O3/c1-15(8-7-13(16)17)11(9-14)10-5-3-4-6-12(10)18-2/h3-6,11H,7-8H2,1-2H3,(H,16,17). The molecule has 5 nitrogen and oxygen atoms in total. The molecule has 0 radical (unpaired) electrons. The number of aliphatic carboxylic acids is 1. The van der Waals surface area contributed by atoms with Crippen LogP contribution in [0.25, 0.3) is 0 Å². The zero-order valence-electron chi connectivity index (χ0n) is 10.5.